The lowest BCUT2D eigenvalue weighted by atomic mass is 9.93. The number of nitrogens with zero attached hydrogens (tertiary/aromatic N) is 1. The van der Waals surface area contributed by atoms with Crippen LogP contribution in [0.15, 0.2) is 71.6 Å². The zero-order chi connectivity index (χ0) is 24.7. The summed E-state index contributed by atoms with van der Waals surface area (Å²) in [5, 5.41) is 1.64. The molecule has 2 heterocycles. The van der Waals surface area contributed by atoms with Crippen molar-refractivity contribution < 1.29 is 22.7 Å². The van der Waals surface area contributed by atoms with Crippen LogP contribution in [0.5, 0.6) is 11.5 Å². The molecule has 1 aromatic heterocycles. The summed E-state index contributed by atoms with van der Waals surface area (Å²) in [6, 6.07) is 18.5. The molecule has 1 amide bonds. The Morgan fingerprint density at radius 2 is 1.71 bits per heavy atom. The van der Waals surface area contributed by atoms with Crippen molar-refractivity contribution in [2.45, 2.75) is 17.4 Å². The van der Waals surface area contributed by atoms with Crippen molar-refractivity contribution in [1.29, 1.82) is 0 Å². The van der Waals surface area contributed by atoms with Gasteiger partial charge in [0.2, 0.25) is 0 Å². The van der Waals surface area contributed by atoms with Gasteiger partial charge >= 0.3 is 6.09 Å². The van der Waals surface area contributed by atoms with Gasteiger partial charge < -0.3 is 14.5 Å². The molecule has 35 heavy (non-hydrogen) atoms. The van der Waals surface area contributed by atoms with Crippen LogP contribution >= 0.6 is 11.6 Å². The summed E-state index contributed by atoms with van der Waals surface area (Å²) in [5.41, 5.74) is 3.62. The normalized spacial score (nSPS) is 15.6. The lowest BCUT2D eigenvalue weighted by Crippen LogP contribution is -2.42. The molecule has 1 aliphatic heterocycles. The Bertz CT molecular complexity index is 1510. The number of rotatable bonds is 4. The Kier molecular flexibility index (Phi) is 5.94. The highest BCUT2D eigenvalue weighted by atomic mass is 35.5. The van der Waals surface area contributed by atoms with Gasteiger partial charge in [0.25, 0.3) is 0 Å². The molecule has 9 heteroatoms. The van der Waals surface area contributed by atoms with E-state index < -0.39 is 22.0 Å². The molecule has 0 spiro atoms. The van der Waals surface area contributed by atoms with E-state index in [-0.39, 0.29) is 4.90 Å². The summed E-state index contributed by atoms with van der Waals surface area (Å²) >= 11 is 6.26. The highest BCUT2D eigenvalue weighted by molar-refractivity contribution is 7.90. The molecule has 0 fully saturated rings. The molecule has 0 saturated heterocycles. The van der Waals surface area contributed by atoms with E-state index in [1.54, 1.807) is 60.5 Å². The first-order valence-corrected chi connectivity index (χ1v) is 13.2. The SMILES string of the molecule is COc1ccc(OC(=O)N2CCc3c([nH]c4ccc(Cl)cc34)C2c2ccc(S(C)(=O)=O)cc2)cc1. The second-order valence-corrected chi connectivity index (χ2v) is 10.9. The molecule has 3 aromatic carbocycles. The van der Waals surface area contributed by atoms with Gasteiger partial charge in [-0.05, 0) is 72.1 Å². The second-order valence-electron chi connectivity index (χ2n) is 8.44. The Balaban J connectivity index is 1.56. The van der Waals surface area contributed by atoms with Gasteiger partial charge in [0.1, 0.15) is 17.5 Å². The first-order chi connectivity index (χ1) is 16.7. The average Bonchev–Trinajstić information content (AvgIpc) is 3.21. The van der Waals surface area contributed by atoms with Crippen molar-refractivity contribution in [3.05, 3.63) is 88.6 Å². The van der Waals surface area contributed by atoms with E-state index in [2.05, 4.69) is 4.98 Å². The minimum atomic E-state index is -3.35. The molecule has 1 N–H and O–H groups in total. The number of ether oxygens (including phenoxy) is 2. The highest BCUT2D eigenvalue weighted by Crippen LogP contribution is 2.39. The van der Waals surface area contributed by atoms with Crippen molar-refractivity contribution in [3.8, 4) is 11.5 Å². The standard InChI is InChI=1S/C26H23ClN2O5S/c1-33-18-6-8-19(9-7-18)34-26(30)29-14-13-21-22-15-17(27)5-12-23(22)28-24(21)25(29)16-3-10-20(11-4-16)35(2,31)32/h3-12,15,25,28H,13-14H2,1-2H3. The van der Waals surface area contributed by atoms with E-state index in [0.29, 0.717) is 29.5 Å². The van der Waals surface area contributed by atoms with Crippen LogP contribution in [0.2, 0.25) is 5.02 Å². The molecule has 4 aromatic rings. The number of halogens is 1. The minimum absolute atomic E-state index is 0.216. The highest BCUT2D eigenvalue weighted by Gasteiger charge is 2.36. The fourth-order valence-corrected chi connectivity index (χ4v) is 5.31. The molecule has 0 radical (unpaired) electrons. The zero-order valence-corrected chi connectivity index (χ0v) is 20.7. The lowest BCUT2D eigenvalue weighted by molar-refractivity contribution is 0.135. The molecular formula is C26H23ClN2O5S. The van der Waals surface area contributed by atoms with Gasteiger partial charge in [-0.2, -0.15) is 0 Å². The van der Waals surface area contributed by atoms with Crippen molar-refractivity contribution >= 4 is 38.4 Å². The average molecular weight is 511 g/mol. The van der Waals surface area contributed by atoms with E-state index in [9.17, 15) is 13.2 Å². The quantitative estimate of drug-likeness (QED) is 0.398. The number of hydrogen-bond acceptors (Lipinski definition) is 5. The van der Waals surface area contributed by atoms with E-state index in [4.69, 9.17) is 21.1 Å². The number of H-pyrrole nitrogens is 1. The van der Waals surface area contributed by atoms with Crippen LogP contribution in [0, 0.1) is 0 Å². The fourth-order valence-electron chi connectivity index (χ4n) is 4.50. The third-order valence-electron chi connectivity index (χ3n) is 6.21. The summed E-state index contributed by atoms with van der Waals surface area (Å²) in [7, 11) is -1.78. The first kappa shape index (κ1) is 23.3. The Morgan fingerprint density at radius 1 is 1.03 bits per heavy atom. The van der Waals surface area contributed by atoms with E-state index in [1.807, 2.05) is 18.2 Å². The second kappa shape index (κ2) is 8.94. The Morgan fingerprint density at radius 3 is 2.37 bits per heavy atom. The van der Waals surface area contributed by atoms with Crippen LogP contribution in [-0.4, -0.2) is 44.3 Å². The number of aromatic nitrogens is 1. The number of aromatic amines is 1. The van der Waals surface area contributed by atoms with Gasteiger partial charge in [-0.15, -0.1) is 0 Å². The smallest absolute Gasteiger partial charge is 0.416 e. The molecule has 0 bridgehead atoms. The molecule has 1 unspecified atom stereocenters. The predicted molar refractivity (Wildman–Crippen MR) is 134 cm³/mol. The first-order valence-electron chi connectivity index (χ1n) is 11.0. The summed E-state index contributed by atoms with van der Waals surface area (Å²) in [6.07, 6.45) is 1.28. The van der Waals surface area contributed by atoms with Gasteiger partial charge in [-0.1, -0.05) is 23.7 Å². The van der Waals surface area contributed by atoms with Crippen LogP contribution in [-0.2, 0) is 16.3 Å². The topological polar surface area (TPSA) is 88.7 Å². The maximum Gasteiger partial charge on any atom is 0.416 e. The number of carbonyl (C=O) groups excluding carboxylic acids is 1. The summed E-state index contributed by atoms with van der Waals surface area (Å²) in [6.45, 7) is 0.417. The summed E-state index contributed by atoms with van der Waals surface area (Å²) in [4.78, 5) is 18.7. The van der Waals surface area contributed by atoms with Gasteiger partial charge in [-0.25, -0.2) is 13.2 Å². The van der Waals surface area contributed by atoms with E-state index in [1.165, 1.54) is 6.26 Å². The van der Waals surface area contributed by atoms with Crippen molar-refractivity contribution in [2.24, 2.45) is 0 Å². The molecule has 180 valence electrons. The zero-order valence-electron chi connectivity index (χ0n) is 19.1. The maximum atomic E-state index is 13.4. The van der Waals surface area contributed by atoms with Crippen LogP contribution in [0.25, 0.3) is 10.9 Å². The van der Waals surface area contributed by atoms with Gasteiger partial charge in [0.05, 0.1) is 12.0 Å². The number of hydrogen-bond donors (Lipinski definition) is 1. The number of carbonyl (C=O) groups is 1. The number of fused-ring (bicyclic) bond motifs is 3. The van der Waals surface area contributed by atoms with Crippen LogP contribution < -0.4 is 9.47 Å². The number of benzene rings is 3. The summed E-state index contributed by atoms with van der Waals surface area (Å²) in [5.74, 6) is 1.06. The number of methoxy groups -OCH3 is 1. The summed E-state index contributed by atoms with van der Waals surface area (Å²) < 4.78 is 34.8. The predicted octanol–water partition coefficient (Wildman–Crippen LogP) is 5.38. The van der Waals surface area contributed by atoms with Crippen LogP contribution in [0.1, 0.15) is 22.9 Å². The molecular weight excluding hydrogens is 488 g/mol. The van der Waals surface area contributed by atoms with Gasteiger partial charge in [-0.3, -0.25) is 4.90 Å². The number of amides is 1. The molecule has 7 nitrogen and oxygen atoms in total. The third kappa shape index (κ3) is 4.47. The van der Waals surface area contributed by atoms with Gasteiger partial charge in [0.15, 0.2) is 9.84 Å². The minimum Gasteiger partial charge on any atom is -0.497 e. The Hall–Kier alpha value is -3.49. The maximum absolute atomic E-state index is 13.4. The van der Waals surface area contributed by atoms with Crippen LogP contribution in [0.4, 0.5) is 4.79 Å². The van der Waals surface area contributed by atoms with Crippen molar-refractivity contribution in [1.82, 2.24) is 9.88 Å². The lowest BCUT2D eigenvalue weighted by Gasteiger charge is -2.35. The third-order valence-corrected chi connectivity index (χ3v) is 7.58. The van der Waals surface area contributed by atoms with Crippen LogP contribution in [0.3, 0.4) is 0 Å². The molecule has 0 aliphatic carbocycles. The molecule has 5 rings (SSSR count). The molecule has 1 aliphatic rings. The Labute approximate surface area is 208 Å². The van der Waals surface area contributed by atoms with E-state index >= 15 is 0 Å². The van der Waals surface area contributed by atoms with E-state index in [0.717, 1.165) is 27.7 Å². The number of nitrogens with one attached hydrogen (secondary N) is 1. The monoisotopic (exact) mass is 510 g/mol. The van der Waals surface area contributed by atoms with Crippen molar-refractivity contribution in [3.63, 3.8) is 0 Å². The molecule has 0 saturated carbocycles. The largest absolute Gasteiger partial charge is 0.497 e. The van der Waals surface area contributed by atoms with Crippen molar-refractivity contribution in [2.75, 3.05) is 19.9 Å². The fraction of sp³-hybridized carbons (Fsp3) is 0.192. The number of sulfone groups is 1. The van der Waals surface area contributed by atoms with Gasteiger partial charge in [0, 0.05) is 34.4 Å². The molecule has 1 atom stereocenters.